The van der Waals surface area contributed by atoms with Crippen molar-refractivity contribution in [3.63, 3.8) is 0 Å². The van der Waals surface area contributed by atoms with Crippen molar-refractivity contribution < 1.29 is 14.5 Å². The molecular formula is C16H22N4O4. The second kappa shape index (κ2) is 6.86. The Morgan fingerprint density at radius 3 is 2.67 bits per heavy atom. The second-order valence-electron chi connectivity index (χ2n) is 6.55. The zero-order chi connectivity index (χ0) is 17.9. The number of ether oxygens (including phenoxy) is 1. The van der Waals surface area contributed by atoms with Crippen molar-refractivity contribution in [3.8, 4) is 0 Å². The molecule has 1 aliphatic heterocycles. The van der Waals surface area contributed by atoms with Crippen LogP contribution in [-0.4, -0.2) is 52.2 Å². The molecular weight excluding hydrogens is 312 g/mol. The molecule has 1 amide bonds. The van der Waals surface area contributed by atoms with Gasteiger partial charge >= 0.3 is 11.9 Å². The number of amides is 1. The molecule has 0 radical (unpaired) electrons. The summed E-state index contributed by atoms with van der Waals surface area (Å²) in [7, 11) is 0. The third kappa shape index (κ3) is 4.21. The van der Waals surface area contributed by atoms with Crippen LogP contribution in [0, 0.1) is 10.1 Å². The predicted octanol–water partition coefficient (Wildman–Crippen LogP) is 2.60. The van der Waals surface area contributed by atoms with Gasteiger partial charge in [-0.1, -0.05) is 6.08 Å². The predicted molar refractivity (Wildman–Crippen MR) is 90.0 cm³/mol. The van der Waals surface area contributed by atoms with Crippen LogP contribution in [0.1, 0.15) is 20.8 Å². The van der Waals surface area contributed by atoms with Gasteiger partial charge in [-0.2, -0.15) is 0 Å². The van der Waals surface area contributed by atoms with Gasteiger partial charge < -0.3 is 24.7 Å². The van der Waals surface area contributed by atoms with E-state index in [0.29, 0.717) is 19.6 Å². The Hall–Kier alpha value is -2.64. The molecule has 0 N–H and O–H groups in total. The van der Waals surface area contributed by atoms with E-state index < -0.39 is 10.5 Å². The molecule has 0 aromatic carbocycles. The lowest BCUT2D eigenvalue weighted by atomic mass is 10.1. The molecule has 0 bridgehead atoms. The first-order valence-electron chi connectivity index (χ1n) is 7.69. The quantitative estimate of drug-likeness (QED) is 0.479. The number of rotatable bonds is 3. The first-order valence-corrected chi connectivity index (χ1v) is 7.69. The minimum atomic E-state index is -0.541. The monoisotopic (exact) mass is 334 g/mol. The van der Waals surface area contributed by atoms with E-state index in [1.807, 2.05) is 25.7 Å². The van der Waals surface area contributed by atoms with E-state index in [-0.39, 0.29) is 18.0 Å². The van der Waals surface area contributed by atoms with Crippen molar-refractivity contribution in [1.82, 2.24) is 9.88 Å². The molecule has 0 aliphatic carbocycles. The lowest BCUT2D eigenvalue weighted by molar-refractivity contribution is -0.389. The van der Waals surface area contributed by atoms with Gasteiger partial charge in [-0.25, -0.2) is 4.79 Å². The summed E-state index contributed by atoms with van der Waals surface area (Å²) in [6.07, 6.45) is 2.87. The summed E-state index contributed by atoms with van der Waals surface area (Å²) in [5.74, 6) is -0.193. The van der Waals surface area contributed by atoms with Crippen LogP contribution >= 0.6 is 0 Å². The number of carbonyl (C=O) groups is 1. The Morgan fingerprint density at radius 2 is 2.17 bits per heavy atom. The lowest BCUT2D eigenvalue weighted by Gasteiger charge is -2.41. The maximum absolute atomic E-state index is 12.2. The molecule has 0 saturated carbocycles. The number of aromatic nitrogens is 1. The highest BCUT2D eigenvalue weighted by Gasteiger charge is 2.31. The average molecular weight is 334 g/mol. The van der Waals surface area contributed by atoms with Crippen LogP contribution in [0.25, 0.3) is 0 Å². The summed E-state index contributed by atoms with van der Waals surface area (Å²) in [4.78, 5) is 29.9. The number of carbonyl (C=O) groups excluding carboxylic acids is 1. The minimum absolute atomic E-state index is 0.116. The van der Waals surface area contributed by atoms with Crippen LogP contribution in [0.4, 0.5) is 16.3 Å². The van der Waals surface area contributed by atoms with E-state index in [9.17, 15) is 14.9 Å². The fourth-order valence-electron chi connectivity index (χ4n) is 2.48. The molecule has 1 aliphatic rings. The number of hydrogen-bond acceptors (Lipinski definition) is 6. The molecule has 1 aromatic heterocycles. The minimum Gasteiger partial charge on any atom is -0.444 e. The smallest absolute Gasteiger partial charge is 0.410 e. The summed E-state index contributed by atoms with van der Waals surface area (Å²) < 4.78 is 5.40. The Kier molecular flexibility index (Phi) is 5.06. The topological polar surface area (TPSA) is 88.8 Å². The number of nitrogens with zero attached hydrogens (tertiary/aromatic N) is 4. The Labute approximate surface area is 140 Å². The van der Waals surface area contributed by atoms with Crippen LogP contribution in [0.5, 0.6) is 0 Å². The Bertz CT molecular complexity index is 624. The molecule has 1 fully saturated rings. The van der Waals surface area contributed by atoms with Crippen molar-refractivity contribution in [2.24, 2.45) is 0 Å². The average Bonchev–Trinajstić information content (AvgIpc) is 2.52. The highest BCUT2D eigenvalue weighted by atomic mass is 16.6. The molecule has 1 aromatic rings. The highest BCUT2D eigenvalue weighted by molar-refractivity contribution is 5.69. The summed E-state index contributed by atoms with van der Waals surface area (Å²) in [5.41, 5.74) is 0.217. The van der Waals surface area contributed by atoms with Crippen molar-refractivity contribution in [3.05, 3.63) is 41.1 Å². The fourth-order valence-corrected chi connectivity index (χ4v) is 2.48. The fraction of sp³-hybridized carbons (Fsp3) is 0.500. The molecule has 2 rings (SSSR count). The molecule has 130 valence electrons. The number of pyridine rings is 1. The normalized spacial score (nSPS) is 18.2. The summed E-state index contributed by atoms with van der Waals surface area (Å²) in [6, 6.07) is 2.91. The van der Waals surface area contributed by atoms with Crippen molar-refractivity contribution >= 4 is 17.6 Å². The molecule has 1 atom stereocenters. The second-order valence-corrected chi connectivity index (χ2v) is 6.55. The van der Waals surface area contributed by atoms with Crippen molar-refractivity contribution in [1.29, 1.82) is 0 Å². The van der Waals surface area contributed by atoms with Gasteiger partial charge in [0.1, 0.15) is 5.60 Å². The summed E-state index contributed by atoms with van der Waals surface area (Å²) in [6.45, 7) is 10.8. The van der Waals surface area contributed by atoms with E-state index in [1.165, 1.54) is 12.3 Å². The third-order valence-corrected chi connectivity index (χ3v) is 3.59. The molecule has 1 saturated heterocycles. The summed E-state index contributed by atoms with van der Waals surface area (Å²) in [5, 5.41) is 10.7. The van der Waals surface area contributed by atoms with Crippen LogP contribution in [0.3, 0.4) is 0 Å². The van der Waals surface area contributed by atoms with Gasteiger partial charge in [0, 0.05) is 25.7 Å². The van der Waals surface area contributed by atoms with Crippen LogP contribution < -0.4 is 4.90 Å². The van der Waals surface area contributed by atoms with Gasteiger partial charge in [-0.3, -0.25) is 0 Å². The zero-order valence-corrected chi connectivity index (χ0v) is 14.1. The Balaban J connectivity index is 2.09. The number of hydrogen-bond donors (Lipinski definition) is 0. The Morgan fingerprint density at radius 1 is 1.46 bits per heavy atom. The maximum atomic E-state index is 12.2. The van der Waals surface area contributed by atoms with E-state index >= 15 is 0 Å². The third-order valence-electron chi connectivity index (χ3n) is 3.59. The van der Waals surface area contributed by atoms with Crippen LogP contribution in [0.15, 0.2) is 31.0 Å². The van der Waals surface area contributed by atoms with E-state index in [4.69, 9.17) is 4.74 Å². The number of nitro groups is 1. The SMILES string of the molecule is C=C[C@H]1CN(C(=O)OC(C)(C)C)CCN1c1ccc([N+](=O)[O-])nc1. The number of piperazine rings is 1. The first kappa shape index (κ1) is 17.7. The largest absolute Gasteiger partial charge is 0.444 e. The van der Waals surface area contributed by atoms with Gasteiger partial charge in [0.15, 0.2) is 6.20 Å². The van der Waals surface area contributed by atoms with Crippen molar-refractivity contribution in [2.45, 2.75) is 32.4 Å². The molecule has 24 heavy (non-hydrogen) atoms. The van der Waals surface area contributed by atoms with Gasteiger partial charge in [-0.15, -0.1) is 6.58 Å². The molecule has 0 spiro atoms. The molecule has 8 heteroatoms. The lowest BCUT2D eigenvalue weighted by Crippen LogP contribution is -2.55. The molecule has 2 heterocycles. The van der Waals surface area contributed by atoms with Gasteiger partial charge in [0.2, 0.25) is 0 Å². The van der Waals surface area contributed by atoms with Crippen LogP contribution in [0.2, 0.25) is 0 Å². The van der Waals surface area contributed by atoms with Gasteiger partial charge in [-0.05, 0) is 36.7 Å². The van der Waals surface area contributed by atoms with Crippen LogP contribution in [-0.2, 0) is 4.74 Å². The van der Waals surface area contributed by atoms with E-state index in [0.717, 1.165) is 5.69 Å². The standard InChI is InChI=1S/C16H22N4O4/c1-5-12-11-18(15(21)24-16(2,3)4)8-9-19(12)13-6-7-14(17-10-13)20(22)23/h5-7,10,12H,1,8-9,11H2,2-4H3/t12-/m0/s1. The molecule has 0 unspecified atom stereocenters. The van der Waals surface area contributed by atoms with E-state index in [2.05, 4.69) is 11.6 Å². The van der Waals surface area contributed by atoms with Gasteiger partial charge in [0.25, 0.3) is 0 Å². The highest BCUT2D eigenvalue weighted by Crippen LogP contribution is 2.23. The maximum Gasteiger partial charge on any atom is 0.410 e. The first-order chi connectivity index (χ1) is 11.2. The molecule has 8 nitrogen and oxygen atoms in total. The van der Waals surface area contributed by atoms with Crippen molar-refractivity contribution in [2.75, 3.05) is 24.5 Å². The zero-order valence-electron chi connectivity index (χ0n) is 14.1. The number of anilines is 1. The van der Waals surface area contributed by atoms with Gasteiger partial charge in [0.05, 0.1) is 11.7 Å². The van der Waals surface area contributed by atoms with E-state index in [1.54, 1.807) is 17.0 Å². The summed E-state index contributed by atoms with van der Waals surface area (Å²) >= 11 is 0.